The fraction of sp³-hybridized carbons (Fsp3) is 0.0690. The van der Waals surface area contributed by atoms with E-state index in [1.165, 1.54) is 0 Å². The minimum Gasteiger partial charge on any atom is -0.352 e. The van der Waals surface area contributed by atoms with E-state index >= 15 is 0 Å². The molecule has 0 aliphatic rings. The van der Waals surface area contributed by atoms with Gasteiger partial charge < -0.3 is 10.6 Å². The SMILES string of the molecule is O=C(NC(=S)Nc1ccccc1C(=O)NCCc1ccccc1)c1ccc(-c2ccccc2)cc1. The molecule has 0 aromatic heterocycles. The second-order valence-electron chi connectivity index (χ2n) is 7.89. The standard InChI is InChI=1S/C29H25N3O2S/c33-27(24-17-15-23(16-18-24)22-11-5-2-6-12-22)32-29(35)31-26-14-8-7-13-25(26)28(34)30-20-19-21-9-3-1-4-10-21/h1-18H,19-20H2,(H,30,34)(H2,31,32,33,35). The number of thiocarbonyl (C=S) groups is 1. The zero-order chi connectivity index (χ0) is 24.5. The van der Waals surface area contributed by atoms with Gasteiger partial charge in [-0.1, -0.05) is 84.9 Å². The van der Waals surface area contributed by atoms with Crippen molar-refractivity contribution >= 4 is 34.8 Å². The third-order valence-corrected chi connectivity index (χ3v) is 5.65. The summed E-state index contributed by atoms with van der Waals surface area (Å²) < 4.78 is 0. The van der Waals surface area contributed by atoms with E-state index in [-0.39, 0.29) is 16.9 Å². The first-order valence-corrected chi connectivity index (χ1v) is 11.7. The van der Waals surface area contributed by atoms with Gasteiger partial charge in [-0.25, -0.2) is 0 Å². The normalized spacial score (nSPS) is 10.3. The molecule has 4 aromatic rings. The van der Waals surface area contributed by atoms with Crippen LogP contribution in [0.2, 0.25) is 0 Å². The number of hydrogen-bond donors (Lipinski definition) is 3. The smallest absolute Gasteiger partial charge is 0.257 e. The Bertz CT molecular complexity index is 1310. The molecule has 0 unspecified atom stereocenters. The van der Waals surface area contributed by atoms with Crippen LogP contribution in [0.3, 0.4) is 0 Å². The largest absolute Gasteiger partial charge is 0.352 e. The molecule has 0 radical (unpaired) electrons. The van der Waals surface area contributed by atoms with Crippen LogP contribution in [0.5, 0.6) is 0 Å². The Hall–Kier alpha value is -4.29. The summed E-state index contributed by atoms with van der Waals surface area (Å²) >= 11 is 5.34. The number of amides is 2. The molecule has 4 rings (SSSR count). The van der Waals surface area contributed by atoms with Gasteiger partial charge >= 0.3 is 0 Å². The fourth-order valence-electron chi connectivity index (χ4n) is 3.62. The lowest BCUT2D eigenvalue weighted by Crippen LogP contribution is -2.35. The zero-order valence-corrected chi connectivity index (χ0v) is 19.8. The van der Waals surface area contributed by atoms with Crippen molar-refractivity contribution in [3.8, 4) is 11.1 Å². The van der Waals surface area contributed by atoms with Crippen LogP contribution in [-0.2, 0) is 6.42 Å². The summed E-state index contributed by atoms with van der Waals surface area (Å²) in [5.41, 5.74) is 4.71. The Morgan fingerprint density at radius 1 is 0.657 bits per heavy atom. The van der Waals surface area contributed by atoms with Crippen LogP contribution in [0.4, 0.5) is 5.69 Å². The lowest BCUT2D eigenvalue weighted by Gasteiger charge is -2.14. The molecular formula is C29H25N3O2S. The van der Waals surface area contributed by atoms with Gasteiger partial charge in [-0.15, -0.1) is 0 Å². The summed E-state index contributed by atoms with van der Waals surface area (Å²) in [6.07, 6.45) is 0.736. The van der Waals surface area contributed by atoms with Gasteiger partial charge in [-0.2, -0.15) is 0 Å². The molecule has 0 saturated heterocycles. The van der Waals surface area contributed by atoms with E-state index in [0.29, 0.717) is 23.4 Å². The van der Waals surface area contributed by atoms with Crippen molar-refractivity contribution < 1.29 is 9.59 Å². The Kier molecular flexibility index (Phi) is 7.99. The Balaban J connectivity index is 1.34. The predicted octanol–water partition coefficient (Wildman–Crippen LogP) is 5.45. The van der Waals surface area contributed by atoms with E-state index in [2.05, 4.69) is 16.0 Å². The molecule has 0 aliphatic carbocycles. The number of hydrogen-bond acceptors (Lipinski definition) is 3. The van der Waals surface area contributed by atoms with Crippen molar-refractivity contribution in [2.75, 3.05) is 11.9 Å². The Morgan fingerprint density at radius 3 is 1.97 bits per heavy atom. The van der Waals surface area contributed by atoms with Crippen molar-refractivity contribution in [2.24, 2.45) is 0 Å². The Morgan fingerprint density at radius 2 is 1.26 bits per heavy atom. The molecule has 0 atom stereocenters. The molecule has 0 spiro atoms. The number of carbonyl (C=O) groups excluding carboxylic acids is 2. The van der Waals surface area contributed by atoms with Gasteiger partial charge in [0.2, 0.25) is 0 Å². The number of carbonyl (C=O) groups is 2. The van der Waals surface area contributed by atoms with Crippen molar-refractivity contribution in [1.29, 1.82) is 0 Å². The fourth-order valence-corrected chi connectivity index (χ4v) is 3.83. The summed E-state index contributed by atoms with van der Waals surface area (Å²) in [4.78, 5) is 25.4. The average Bonchev–Trinajstić information content (AvgIpc) is 2.90. The second kappa shape index (κ2) is 11.7. The lowest BCUT2D eigenvalue weighted by atomic mass is 10.0. The van der Waals surface area contributed by atoms with Crippen LogP contribution in [-0.4, -0.2) is 23.5 Å². The van der Waals surface area contributed by atoms with E-state index in [0.717, 1.165) is 23.1 Å². The first-order valence-electron chi connectivity index (χ1n) is 11.3. The molecule has 3 N–H and O–H groups in total. The van der Waals surface area contributed by atoms with E-state index in [4.69, 9.17) is 12.2 Å². The van der Waals surface area contributed by atoms with E-state index in [1.54, 1.807) is 36.4 Å². The van der Waals surface area contributed by atoms with E-state index in [1.807, 2.05) is 72.8 Å². The molecule has 0 aliphatic heterocycles. The van der Waals surface area contributed by atoms with Gasteiger partial charge in [0.1, 0.15) is 0 Å². The maximum absolute atomic E-state index is 12.7. The second-order valence-corrected chi connectivity index (χ2v) is 8.30. The number of rotatable bonds is 7. The highest BCUT2D eigenvalue weighted by molar-refractivity contribution is 7.80. The molecule has 0 heterocycles. The summed E-state index contributed by atoms with van der Waals surface area (Å²) in [5.74, 6) is -0.540. The van der Waals surface area contributed by atoms with Gasteiger partial charge in [0.05, 0.1) is 11.3 Å². The van der Waals surface area contributed by atoms with Crippen LogP contribution >= 0.6 is 12.2 Å². The minimum atomic E-state index is -0.327. The lowest BCUT2D eigenvalue weighted by molar-refractivity contribution is 0.0953. The number of para-hydroxylation sites is 1. The first kappa shape index (κ1) is 23.9. The van der Waals surface area contributed by atoms with Crippen LogP contribution in [0.15, 0.2) is 109 Å². The molecule has 5 nitrogen and oxygen atoms in total. The molecule has 0 saturated carbocycles. The van der Waals surface area contributed by atoms with Crippen LogP contribution in [0, 0.1) is 0 Å². The molecule has 6 heteroatoms. The number of anilines is 1. The molecular weight excluding hydrogens is 454 g/mol. The van der Waals surface area contributed by atoms with Crippen molar-refractivity contribution in [3.05, 3.63) is 126 Å². The molecule has 0 bridgehead atoms. The number of nitrogens with one attached hydrogen (secondary N) is 3. The zero-order valence-electron chi connectivity index (χ0n) is 19.0. The molecule has 0 fully saturated rings. The Labute approximate surface area is 210 Å². The summed E-state index contributed by atoms with van der Waals surface area (Å²) in [6, 6.07) is 34.3. The van der Waals surface area contributed by atoms with Crippen LogP contribution < -0.4 is 16.0 Å². The van der Waals surface area contributed by atoms with Gasteiger partial charge in [-0.3, -0.25) is 14.9 Å². The summed E-state index contributed by atoms with van der Waals surface area (Å²) in [5, 5.41) is 8.71. The summed E-state index contributed by atoms with van der Waals surface area (Å²) in [7, 11) is 0. The molecule has 4 aromatic carbocycles. The third kappa shape index (κ3) is 6.62. The topological polar surface area (TPSA) is 70.2 Å². The first-order chi connectivity index (χ1) is 17.1. The quantitative estimate of drug-likeness (QED) is 0.308. The maximum Gasteiger partial charge on any atom is 0.257 e. The van der Waals surface area contributed by atoms with E-state index < -0.39 is 0 Å². The van der Waals surface area contributed by atoms with Gasteiger partial charge in [0.25, 0.3) is 11.8 Å². The molecule has 174 valence electrons. The van der Waals surface area contributed by atoms with Crippen molar-refractivity contribution in [3.63, 3.8) is 0 Å². The van der Waals surface area contributed by atoms with Crippen molar-refractivity contribution in [1.82, 2.24) is 10.6 Å². The number of benzene rings is 4. The maximum atomic E-state index is 12.7. The van der Waals surface area contributed by atoms with Crippen molar-refractivity contribution in [2.45, 2.75) is 6.42 Å². The van der Waals surface area contributed by atoms with Gasteiger partial charge in [0.15, 0.2) is 5.11 Å². The molecule has 2 amide bonds. The monoisotopic (exact) mass is 479 g/mol. The third-order valence-electron chi connectivity index (χ3n) is 5.44. The average molecular weight is 480 g/mol. The molecule has 35 heavy (non-hydrogen) atoms. The minimum absolute atomic E-state index is 0.117. The highest BCUT2D eigenvalue weighted by Gasteiger charge is 2.13. The highest BCUT2D eigenvalue weighted by atomic mass is 32.1. The van der Waals surface area contributed by atoms with Gasteiger partial charge in [-0.05, 0) is 59.6 Å². The highest BCUT2D eigenvalue weighted by Crippen LogP contribution is 2.19. The predicted molar refractivity (Wildman–Crippen MR) is 144 cm³/mol. The van der Waals surface area contributed by atoms with Crippen LogP contribution in [0.25, 0.3) is 11.1 Å². The van der Waals surface area contributed by atoms with Crippen LogP contribution in [0.1, 0.15) is 26.3 Å². The van der Waals surface area contributed by atoms with E-state index in [9.17, 15) is 9.59 Å². The summed E-state index contributed by atoms with van der Waals surface area (Å²) in [6.45, 7) is 0.511. The van der Waals surface area contributed by atoms with Gasteiger partial charge in [0, 0.05) is 12.1 Å².